The van der Waals surface area contributed by atoms with Gasteiger partial charge < -0.3 is 4.74 Å². The summed E-state index contributed by atoms with van der Waals surface area (Å²) in [6.45, 7) is 3.90. The predicted molar refractivity (Wildman–Crippen MR) is 128 cm³/mol. The molecule has 0 unspecified atom stereocenters. The van der Waals surface area contributed by atoms with Crippen molar-refractivity contribution in [2.75, 3.05) is 17.6 Å². The maximum absolute atomic E-state index is 12.5. The van der Waals surface area contributed by atoms with E-state index < -0.39 is 16.0 Å². The van der Waals surface area contributed by atoms with Crippen molar-refractivity contribution in [3.8, 4) is 34.4 Å². The number of ether oxygens (including phenoxy) is 1. The first-order chi connectivity index (χ1) is 15.7. The lowest BCUT2D eigenvalue weighted by molar-refractivity contribution is 0.0533. The van der Waals surface area contributed by atoms with Gasteiger partial charge in [0.05, 0.1) is 30.1 Å². The van der Waals surface area contributed by atoms with Gasteiger partial charge in [-0.15, -0.1) is 11.3 Å². The maximum atomic E-state index is 12.5. The number of rotatable bonds is 7. The van der Waals surface area contributed by atoms with Crippen LogP contribution in [0.15, 0.2) is 42.5 Å². The van der Waals surface area contributed by atoms with Crippen molar-refractivity contribution < 1.29 is 17.9 Å². The molecule has 1 N–H and O–H groups in total. The monoisotopic (exact) mass is 479 g/mol. The Morgan fingerprint density at radius 3 is 2.27 bits per heavy atom. The minimum atomic E-state index is -3.46. The standard InChI is InChI=1S/C24H21N3O4S2/c1-4-21-20(14-26)22(23(32-21)24(28)31-5-2)16-8-6-15(7-9-16)19-11-10-18(12-17(19)13-25)27-33(3,29)30/h6-12,27H,4-5H2,1-3H3. The lowest BCUT2D eigenvalue weighted by Crippen LogP contribution is -2.09. The van der Waals surface area contributed by atoms with Gasteiger partial charge in [0.15, 0.2) is 0 Å². The number of benzene rings is 2. The zero-order valence-corrected chi connectivity index (χ0v) is 19.9. The highest BCUT2D eigenvalue weighted by atomic mass is 32.2. The minimum absolute atomic E-state index is 0.236. The Morgan fingerprint density at radius 2 is 1.73 bits per heavy atom. The van der Waals surface area contributed by atoms with Crippen molar-refractivity contribution >= 4 is 33.0 Å². The second-order valence-electron chi connectivity index (χ2n) is 7.11. The number of aryl methyl sites for hydroxylation is 1. The number of sulfonamides is 1. The van der Waals surface area contributed by atoms with E-state index in [0.717, 1.165) is 16.7 Å². The Balaban J connectivity index is 2.06. The number of anilines is 1. The summed E-state index contributed by atoms with van der Waals surface area (Å²) in [5.41, 5.74) is 3.70. The first-order valence-corrected chi connectivity index (χ1v) is 12.8. The van der Waals surface area contributed by atoms with Crippen LogP contribution in [0.2, 0.25) is 0 Å². The van der Waals surface area contributed by atoms with Gasteiger partial charge in [-0.05, 0) is 42.2 Å². The maximum Gasteiger partial charge on any atom is 0.348 e. The van der Waals surface area contributed by atoms with Gasteiger partial charge in [-0.2, -0.15) is 10.5 Å². The van der Waals surface area contributed by atoms with E-state index in [9.17, 15) is 23.7 Å². The minimum Gasteiger partial charge on any atom is -0.462 e. The number of thiophene rings is 1. The van der Waals surface area contributed by atoms with Crippen molar-refractivity contribution in [1.82, 2.24) is 0 Å². The highest BCUT2D eigenvalue weighted by molar-refractivity contribution is 7.92. The van der Waals surface area contributed by atoms with Crippen LogP contribution >= 0.6 is 11.3 Å². The molecule has 0 radical (unpaired) electrons. The van der Waals surface area contributed by atoms with Crippen molar-refractivity contribution in [3.05, 3.63) is 63.3 Å². The van der Waals surface area contributed by atoms with Crippen LogP contribution in [0.5, 0.6) is 0 Å². The smallest absolute Gasteiger partial charge is 0.348 e. The fraction of sp³-hybridized carbons (Fsp3) is 0.208. The molecule has 2 aromatic carbocycles. The molecule has 1 aromatic heterocycles. The molecule has 0 saturated heterocycles. The second-order valence-corrected chi connectivity index (χ2v) is 9.97. The number of nitrogens with zero attached hydrogens (tertiary/aromatic N) is 2. The van der Waals surface area contributed by atoms with Crippen LogP contribution in [0.1, 0.15) is 39.5 Å². The van der Waals surface area contributed by atoms with Crippen LogP contribution < -0.4 is 4.72 Å². The number of carbonyl (C=O) groups excluding carboxylic acids is 1. The average Bonchev–Trinajstić information content (AvgIpc) is 3.17. The van der Waals surface area contributed by atoms with Gasteiger partial charge in [0.1, 0.15) is 10.9 Å². The van der Waals surface area contributed by atoms with Crippen LogP contribution in [-0.2, 0) is 21.2 Å². The van der Waals surface area contributed by atoms with E-state index in [1.165, 1.54) is 17.4 Å². The Bertz CT molecular complexity index is 1390. The third-order valence-electron chi connectivity index (χ3n) is 4.80. The summed E-state index contributed by atoms with van der Waals surface area (Å²) < 4.78 is 30.5. The molecule has 1 heterocycles. The topological polar surface area (TPSA) is 120 Å². The van der Waals surface area contributed by atoms with Crippen LogP contribution in [0.3, 0.4) is 0 Å². The van der Waals surface area contributed by atoms with E-state index in [4.69, 9.17) is 4.74 Å². The van der Waals surface area contributed by atoms with Gasteiger partial charge in [0, 0.05) is 16.1 Å². The van der Waals surface area contributed by atoms with Gasteiger partial charge in [-0.25, -0.2) is 13.2 Å². The molecule has 0 amide bonds. The third kappa shape index (κ3) is 5.23. The average molecular weight is 480 g/mol. The fourth-order valence-corrected chi connectivity index (χ4v) is 5.10. The van der Waals surface area contributed by atoms with Gasteiger partial charge in [0.25, 0.3) is 0 Å². The lowest BCUT2D eigenvalue weighted by atomic mass is 9.95. The molecular weight excluding hydrogens is 458 g/mol. The lowest BCUT2D eigenvalue weighted by Gasteiger charge is -2.10. The van der Waals surface area contributed by atoms with Gasteiger partial charge in [0.2, 0.25) is 10.0 Å². The number of hydrogen-bond acceptors (Lipinski definition) is 7. The summed E-state index contributed by atoms with van der Waals surface area (Å²) in [6, 6.07) is 16.2. The van der Waals surface area contributed by atoms with Crippen LogP contribution in [0.4, 0.5) is 5.69 Å². The van der Waals surface area contributed by atoms with E-state index in [1.807, 2.05) is 6.92 Å². The van der Waals surface area contributed by atoms with E-state index in [-0.39, 0.29) is 6.61 Å². The first-order valence-electron chi connectivity index (χ1n) is 10.1. The summed E-state index contributed by atoms with van der Waals surface area (Å²) in [5.74, 6) is -0.460. The molecule has 9 heteroatoms. The normalized spacial score (nSPS) is 10.8. The van der Waals surface area contributed by atoms with Gasteiger partial charge in [-0.1, -0.05) is 37.3 Å². The van der Waals surface area contributed by atoms with Crippen LogP contribution in [-0.4, -0.2) is 27.2 Å². The first kappa shape index (κ1) is 24.0. The van der Waals surface area contributed by atoms with E-state index >= 15 is 0 Å². The molecule has 0 atom stereocenters. The summed E-state index contributed by atoms with van der Waals surface area (Å²) in [4.78, 5) is 13.7. The number of nitrogens with one attached hydrogen (secondary N) is 1. The number of carbonyl (C=O) groups is 1. The molecular formula is C24H21N3O4S2. The van der Waals surface area contributed by atoms with Gasteiger partial charge >= 0.3 is 5.97 Å². The summed E-state index contributed by atoms with van der Waals surface area (Å²) in [7, 11) is -3.46. The van der Waals surface area contributed by atoms with Crippen molar-refractivity contribution in [2.24, 2.45) is 0 Å². The zero-order chi connectivity index (χ0) is 24.2. The molecule has 3 aromatic rings. The van der Waals surface area contributed by atoms with E-state index in [1.54, 1.807) is 43.3 Å². The predicted octanol–water partition coefficient (Wildman–Crippen LogP) is 4.94. The Labute approximate surface area is 196 Å². The number of esters is 1. The zero-order valence-electron chi connectivity index (χ0n) is 18.3. The Hall–Kier alpha value is -3.66. The van der Waals surface area contributed by atoms with Crippen molar-refractivity contribution in [1.29, 1.82) is 10.5 Å². The molecule has 0 spiro atoms. The molecule has 0 aliphatic carbocycles. The Kier molecular flexibility index (Phi) is 7.17. The largest absolute Gasteiger partial charge is 0.462 e. The molecule has 0 aliphatic rings. The molecule has 7 nitrogen and oxygen atoms in total. The van der Waals surface area contributed by atoms with E-state index in [2.05, 4.69) is 16.9 Å². The SMILES string of the molecule is CCOC(=O)c1sc(CC)c(C#N)c1-c1ccc(-c2ccc(NS(C)(=O)=O)cc2C#N)cc1. The molecule has 3 rings (SSSR count). The van der Waals surface area contributed by atoms with Crippen LogP contribution in [0, 0.1) is 22.7 Å². The second kappa shape index (κ2) is 9.86. The third-order valence-corrected chi connectivity index (χ3v) is 6.72. The number of nitriles is 2. The van der Waals surface area contributed by atoms with Gasteiger partial charge in [-0.3, -0.25) is 4.72 Å². The quantitative estimate of drug-likeness (QED) is 0.480. The fourth-order valence-electron chi connectivity index (χ4n) is 3.44. The molecule has 0 aliphatic heterocycles. The summed E-state index contributed by atoms with van der Waals surface area (Å²) in [5, 5.41) is 19.3. The molecule has 0 saturated carbocycles. The molecule has 33 heavy (non-hydrogen) atoms. The van der Waals surface area contributed by atoms with E-state index in [0.29, 0.717) is 44.8 Å². The molecule has 168 valence electrons. The number of hydrogen-bond donors (Lipinski definition) is 1. The summed E-state index contributed by atoms with van der Waals surface area (Å²) >= 11 is 1.27. The summed E-state index contributed by atoms with van der Waals surface area (Å²) in [6.07, 6.45) is 1.66. The van der Waals surface area contributed by atoms with Crippen LogP contribution in [0.25, 0.3) is 22.3 Å². The molecule has 0 bridgehead atoms. The molecule has 0 fully saturated rings. The van der Waals surface area contributed by atoms with Crippen molar-refractivity contribution in [3.63, 3.8) is 0 Å². The highest BCUT2D eigenvalue weighted by Crippen LogP contribution is 2.38. The highest BCUT2D eigenvalue weighted by Gasteiger charge is 2.24. The van der Waals surface area contributed by atoms with Crippen molar-refractivity contribution in [2.45, 2.75) is 20.3 Å². The Morgan fingerprint density at radius 1 is 1.06 bits per heavy atom.